The Morgan fingerprint density at radius 2 is 2.00 bits per heavy atom. The molecule has 2 N–H and O–H groups in total. The molecule has 2 aromatic rings. The van der Waals surface area contributed by atoms with Crippen molar-refractivity contribution >= 4 is 5.82 Å². The standard InChI is InChI=1S/C17H25N3O/c1-4-8-15-19-16(17(18)20(15)11-5-2)13-9-7-10-14(12-13)21-6-3/h7,9-10,12H,4-6,8,11,18H2,1-3H3. The quantitative estimate of drug-likeness (QED) is 0.840. The Labute approximate surface area is 127 Å². The molecule has 0 amide bonds. The van der Waals surface area contributed by atoms with Crippen LogP contribution in [0, 0.1) is 0 Å². The van der Waals surface area contributed by atoms with Crippen molar-refractivity contribution in [1.29, 1.82) is 0 Å². The van der Waals surface area contributed by atoms with E-state index < -0.39 is 0 Å². The number of ether oxygens (including phenoxy) is 1. The molecule has 4 heteroatoms. The average molecular weight is 287 g/mol. The Hall–Kier alpha value is -1.97. The number of hydrogen-bond donors (Lipinski definition) is 1. The van der Waals surface area contributed by atoms with Crippen molar-refractivity contribution < 1.29 is 4.74 Å². The predicted molar refractivity (Wildman–Crippen MR) is 87.5 cm³/mol. The maximum absolute atomic E-state index is 6.34. The minimum Gasteiger partial charge on any atom is -0.494 e. The topological polar surface area (TPSA) is 53.1 Å². The van der Waals surface area contributed by atoms with E-state index in [0.717, 1.165) is 54.5 Å². The molecule has 0 saturated heterocycles. The molecule has 1 aromatic heterocycles. The second-order valence-corrected chi connectivity index (χ2v) is 5.12. The van der Waals surface area contributed by atoms with Gasteiger partial charge in [-0.15, -0.1) is 0 Å². The fourth-order valence-corrected chi connectivity index (χ4v) is 2.51. The Morgan fingerprint density at radius 1 is 1.19 bits per heavy atom. The molecule has 0 aliphatic heterocycles. The number of anilines is 1. The second kappa shape index (κ2) is 7.16. The molecular weight excluding hydrogens is 262 g/mol. The highest BCUT2D eigenvalue weighted by Crippen LogP contribution is 2.29. The third-order valence-corrected chi connectivity index (χ3v) is 3.43. The van der Waals surface area contributed by atoms with Crippen molar-refractivity contribution in [2.24, 2.45) is 0 Å². The number of nitrogens with zero attached hydrogens (tertiary/aromatic N) is 2. The lowest BCUT2D eigenvalue weighted by molar-refractivity contribution is 0.340. The van der Waals surface area contributed by atoms with Gasteiger partial charge in [-0.3, -0.25) is 0 Å². The van der Waals surface area contributed by atoms with Crippen LogP contribution in [0.3, 0.4) is 0 Å². The van der Waals surface area contributed by atoms with Crippen molar-refractivity contribution in [2.45, 2.75) is 46.6 Å². The van der Waals surface area contributed by atoms with Crippen LogP contribution in [0.4, 0.5) is 5.82 Å². The minimum absolute atomic E-state index is 0.657. The third kappa shape index (κ3) is 3.38. The normalized spacial score (nSPS) is 10.8. The van der Waals surface area contributed by atoms with Crippen LogP contribution in [0.15, 0.2) is 24.3 Å². The van der Waals surface area contributed by atoms with Crippen LogP contribution in [0.25, 0.3) is 11.3 Å². The Bertz CT molecular complexity index is 590. The molecule has 2 rings (SSSR count). The lowest BCUT2D eigenvalue weighted by atomic mass is 10.1. The maximum atomic E-state index is 6.34. The first-order chi connectivity index (χ1) is 10.2. The van der Waals surface area contributed by atoms with E-state index >= 15 is 0 Å². The van der Waals surface area contributed by atoms with Crippen LogP contribution in [-0.2, 0) is 13.0 Å². The van der Waals surface area contributed by atoms with Crippen molar-refractivity contribution in [3.63, 3.8) is 0 Å². The van der Waals surface area contributed by atoms with Gasteiger partial charge in [-0.2, -0.15) is 0 Å². The summed E-state index contributed by atoms with van der Waals surface area (Å²) in [7, 11) is 0. The van der Waals surface area contributed by atoms with E-state index in [1.165, 1.54) is 0 Å². The van der Waals surface area contributed by atoms with Gasteiger partial charge < -0.3 is 15.0 Å². The molecule has 0 atom stereocenters. The summed E-state index contributed by atoms with van der Waals surface area (Å²) >= 11 is 0. The van der Waals surface area contributed by atoms with Gasteiger partial charge in [0.1, 0.15) is 23.1 Å². The lowest BCUT2D eigenvalue weighted by Gasteiger charge is -2.08. The van der Waals surface area contributed by atoms with Crippen LogP contribution < -0.4 is 10.5 Å². The summed E-state index contributed by atoms with van der Waals surface area (Å²) in [5.41, 5.74) is 8.22. The van der Waals surface area contributed by atoms with Crippen molar-refractivity contribution in [2.75, 3.05) is 12.3 Å². The first kappa shape index (κ1) is 15.4. The molecule has 0 unspecified atom stereocenters. The zero-order valence-corrected chi connectivity index (χ0v) is 13.2. The van der Waals surface area contributed by atoms with Crippen LogP contribution in [-0.4, -0.2) is 16.2 Å². The summed E-state index contributed by atoms with van der Waals surface area (Å²) in [5, 5.41) is 0. The van der Waals surface area contributed by atoms with Crippen LogP contribution in [0.1, 0.15) is 39.4 Å². The molecule has 0 fully saturated rings. The average Bonchev–Trinajstić information content (AvgIpc) is 2.78. The van der Waals surface area contributed by atoms with E-state index in [0.29, 0.717) is 6.61 Å². The van der Waals surface area contributed by atoms with Crippen molar-refractivity contribution in [1.82, 2.24) is 9.55 Å². The van der Waals surface area contributed by atoms with Crippen molar-refractivity contribution in [3.8, 4) is 17.0 Å². The Morgan fingerprint density at radius 3 is 2.67 bits per heavy atom. The van der Waals surface area contributed by atoms with Crippen LogP contribution in [0.5, 0.6) is 5.75 Å². The molecule has 1 heterocycles. The highest BCUT2D eigenvalue weighted by molar-refractivity contribution is 5.72. The van der Waals surface area contributed by atoms with Gasteiger partial charge in [-0.25, -0.2) is 4.98 Å². The van der Waals surface area contributed by atoms with Gasteiger partial charge in [0.2, 0.25) is 0 Å². The monoisotopic (exact) mass is 287 g/mol. The largest absolute Gasteiger partial charge is 0.494 e. The SMILES string of the molecule is CCCc1nc(-c2cccc(OCC)c2)c(N)n1CCC. The number of nitrogen functional groups attached to an aromatic ring is 1. The van der Waals surface area contributed by atoms with E-state index in [9.17, 15) is 0 Å². The molecule has 21 heavy (non-hydrogen) atoms. The van der Waals surface area contributed by atoms with Crippen LogP contribution >= 0.6 is 0 Å². The molecule has 0 radical (unpaired) electrons. The van der Waals surface area contributed by atoms with Gasteiger partial charge in [0.05, 0.1) is 6.61 Å². The maximum Gasteiger partial charge on any atom is 0.131 e. The molecule has 0 aliphatic rings. The second-order valence-electron chi connectivity index (χ2n) is 5.12. The highest BCUT2D eigenvalue weighted by atomic mass is 16.5. The van der Waals surface area contributed by atoms with Crippen molar-refractivity contribution in [3.05, 3.63) is 30.1 Å². The van der Waals surface area contributed by atoms with E-state index in [2.05, 4.69) is 18.4 Å². The number of nitrogens with two attached hydrogens (primary N) is 1. The summed E-state index contributed by atoms with van der Waals surface area (Å²) in [6, 6.07) is 7.98. The summed E-state index contributed by atoms with van der Waals surface area (Å²) in [5.74, 6) is 2.69. The number of aryl methyl sites for hydroxylation is 1. The number of hydrogen-bond acceptors (Lipinski definition) is 3. The molecular formula is C17H25N3O. The Kier molecular flexibility index (Phi) is 5.26. The molecule has 4 nitrogen and oxygen atoms in total. The van der Waals surface area contributed by atoms with Gasteiger partial charge >= 0.3 is 0 Å². The zero-order chi connectivity index (χ0) is 15.2. The number of aromatic nitrogens is 2. The fourth-order valence-electron chi connectivity index (χ4n) is 2.51. The zero-order valence-electron chi connectivity index (χ0n) is 13.2. The minimum atomic E-state index is 0.657. The molecule has 0 aliphatic carbocycles. The van der Waals surface area contributed by atoms with Gasteiger partial charge in [-0.1, -0.05) is 26.0 Å². The van der Waals surface area contributed by atoms with Gasteiger partial charge in [-0.05, 0) is 31.9 Å². The summed E-state index contributed by atoms with van der Waals surface area (Å²) in [6.07, 6.45) is 3.07. The van der Waals surface area contributed by atoms with E-state index in [4.69, 9.17) is 15.5 Å². The fraction of sp³-hybridized carbons (Fsp3) is 0.471. The van der Waals surface area contributed by atoms with E-state index in [-0.39, 0.29) is 0 Å². The molecule has 0 spiro atoms. The molecule has 0 saturated carbocycles. The highest BCUT2D eigenvalue weighted by Gasteiger charge is 2.15. The molecule has 114 valence electrons. The molecule has 0 bridgehead atoms. The van der Waals surface area contributed by atoms with Gasteiger partial charge in [0.25, 0.3) is 0 Å². The first-order valence-corrected chi connectivity index (χ1v) is 7.79. The van der Waals surface area contributed by atoms with E-state index in [1.54, 1.807) is 0 Å². The summed E-state index contributed by atoms with van der Waals surface area (Å²) in [6.45, 7) is 7.88. The lowest BCUT2D eigenvalue weighted by Crippen LogP contribution is -2.06. The van der Waals surface area contributed by atoms with Gasteiger partial charge in [0.15, 0.2) is 0 Å². The van der Waals surface area contributed by atoms with Gasteiger partial charge in [0, 0.05) is 18.5 Å². The summed E-state index contributed by atoms with van der Waals surface area (Å²) < 4.78 is 7.71. The first-order valence-electron chi connectivity index (χ1n) is 7.79. The smallest absolute Gasteiger partial charge is 0.131 e. The third-order valence-electron chi connectivity index (χ3n) is 3.43. The van der Waals surface area contributed by atoms with E-state index in [1.807, 2.05) is 31.2 Å². The molecule has 1 aromatic carbocycles. The summed E-state index contributed by atoms with van der Waals surface area (Å²) in [4.78, 5) is 4.77. The Balaban J connectivity index is 2.43. The number of imidazole rings is 1. The number of rotatable bonds is 7. The number of benzene rings is 1. The van der Waals surface area contributed by atoms with Crippen LogP contribution in [0.2, 0.25) is 0 Å². The predicted octanol–water partition coefficient (Wildman–Crippen LogP) is 3.89.